The fourth-order valence-corrected chi connectivity index (χ4v) is 3.22. The van der Waals surface area contributed by atoms with Crippen molar-refractivity contribution < 1.29 is 14.3 Å². The van der Waals surface area contributed by atoms with Crippen molar-refractivity contribution in [3.05, 3.63) is 34.1 Å². The van der Waals surface area contributed by atoms with Crippen LogP contribution in [0.25, 0.3) is 0 Å². The lowest BCUT2D eigenvalue weighted by molar-refractivity contribution is -0.151. The maximum atomic E-state index is 13.3. The molecule has 1 fully saturated rings. The topological polar surface area (TPSA) is 40.5 Å². The van der Waals surface area contributed by atoms with E-state index in [1.807, 2.05) is 13.8 Å². The van der Waals surface area contributed by atoms with Gasteiger partial charge in [0.15, 0.2) is 0 Å². The SMILES string of the molecule is CC(C)C1(C(=O)O)CCN(Cc2cc(F)ccc2Br)C1. The summed E-state index contributed by atoms with van der Waals surface area (Å²) < 4.78 is 14.2. The first-order valence-corrected chi connectivity index (χ1v) is 7.54. The van der Waals surface area contributed by atoms with Gasteiger partial charge in [-0.25, -0.2) is 4.39 Å². The van der Waals surface area contributed by atoms with E-state index < -0.39 is 11.4 Å². The molecule has 1 aliphatic rings. The molecule has 3 nitrogen and oxygen atoms in total. The van der Waals surface area contributed by atoms with Crippen molar-refractivity contribution >= 4 is 21.9 Å². The lowest BCUT2D eigenvalue weighted by atomic mass is 9.76. The van der Waals surface area contributed by atoms with Crippen molar-refractivity contribution in [2.24, 2.45) is 11.3 Å². The molecule has 1 aromatic carbocycles. The molecule has 0 amide bonds. The van der Waals surface area contributed by atoms with Crippen molar-refractivity contribution in [3.63, 3.8) is 0 Å². The molecule has 0 spiro atoms. The van der Waals surface area contributed by atoms with Crippen LogP contribution in [-0.2, 0) is 11.3 Å². The Morgan fingerprint density at radius 1 is 1.55 bits per heavy atom. The Balaban J connectivity index is 2.14. The van der Waals surface area contributed by atoms with Gasteiger partial charge in [0, 0.05) is 17.6 Å². The highest BCUT2D eigenvalue weighted by atomic mass is 79.9. The quantitative estimate of drug-likeness (QED) is 0.909. The van der Waals surface area contributed by atoms with Gasteiger partial charge in [0.05, 0.1) is 5.41 Å². The third kappa shape index (κ3) is 2.88. The Morgan fingerprint density at radius 3 is 2.80 bits per heavy atom. The van der Waals surface area contributed by atoms with Gasteiger partial charge in [-0.2, -0.15) is 0 Å². The number of likely N-dealkylation sites (tertiary alicyclic amines) is 1. The van der Waals surface area contributed by atoms with Crippen molar-refractivity contribution in [1.29, 1.82) is 0 Å². The van der Waals surface area contributed by atoms with Gasteiger partial charge in [0.1, 0.15) is 5.82 Å². The molecular formula is C15H19BrFNO2. The molecule has 20 heavy (non-hydrogen) atoms. The first-order valence-electron chi connectivity index (χ1n) is 6.75. The number of hydrogen-bond donors (Lipinski definition) is 1. The van der Waals surface area contributed by atoms with Gasteiger partial charge in [-0.1, -0.05) is 29.8 Å². The molecule has 1 atom stereocenters. The van der Waals surface area contributed by atoms with Crippen LogP contribution in [0.15, 0.2) is 22.7 Å². The van der Waals surface area contributed by atoms with Gasteiger partial charge < -0.3 is 5.11 Å². The molecule has 1 aliphatic heterocycles. The molecule has 1 N–H and O–H groups in total. The molecule has 0 radical (unpaired) electrons. The lowest BCUT2D eigenvalue weighted by Gasteiger charge is -2.29. The number of halogens is 2. The van der Waals surface area contributed by atoms with E-state index in [0.717, 1.165) is 16.6 Å². The van der Waals surface area contributed by atoms with Crippen LogP contribution in [0.5, 0.6) is 0 Å². The zero-order valence-corrected chi connectivity index (χ0v) is 13.3. The number of carboxylic acids is 1. The van der Waals surface area contributed by atoms with Gasteiger partial charge in [-0.3, -0.25) is 9.69 Å². The van der Waals surface area contributed by atoms with Gasteiger partial charge in [-0.05, 0) is 42.6 Å². The monoisotopic (exact) mass is 343 g/mol. The van der Waals surface area contributed by atoms with Gasteiger partial charge >= 0.3 is 5.97 Å². The number of nitrogens with zero attached hydrogens (tertiary/aromatic N) is 1. The van der Waals surface area contributed by atoms with E-state index >= 15 is 0 Å². The molecule has 2 rings (SSSR count). The largest absolute Gasteiger partial charge is 0.481 e. The predicted molar refractivity (Wildman–Crippen MR) is 78.9 cm³/mol. The molecule has 1 aromatic rings. The van der Waals surface area contributed by atoms with Crippen LogP contribution in [0.4, 0.5) is 4.39 Å². The molecular weight excluding hydrogens is 325 g/mol. The number of rotatable bonds is 4. The minimum atomic E-state index is -0.728. The van der Waals surface area contributed by atoms with Crippen molar-refractivity contribution in [2.45, 2.75) is 26.8 Å². The van der Waals surface area contributed by atoms with Crippen LogP contribution in [0.2, 0.25) is 0 Å². The molecule has 0 aliphatic carbocycles. The van der Waals surface area contributed by atoms with Crippen LogP contribution in [0.1, 0.15) is 25.8 Å². The van der Waals surface area contributed by atoms with Gasteiger partial charge in [0.2, 0.25) is 0 Å². The standard InChI is InChI=1S/C15H19BrFNO2/c1-10(2)15(14(19)20)5-6-18(9-15)8-11-7-12(17)3-4-13(11)16/h3-4,7,10H,5-6,8-9H2,1-2H3,(H,19,20). The predicted octanol–water partition coefficient (Wildman–Crippen LogP) is 3.52. The highest BCUT2D eigenvalue weighted by Gasteiger charge is 2.47. The first kappa shape index (κ1) is 15.4. The second-order valence-corrected chi connectivity index (χ2v) is 6.67. The molecule has 110 valence electrons. The van der Waals surface area contributed by atoms with Crippen molar-refractivity contribution in [2.75, 3.05) is 13.1 Å². The van der Waals surface area contributed by atoms with Gasteiger partial charge in [0.25, 0.3) is 0 Å². The number of benzene rings is 1. The summed E-state index contributed by atoms with van der Waals surface area (Å²) in [5.74, 6) is -0.912. The third-order valence-corrected chi connectivity index (χ3v) is 5.09. The van der Waals surface area contributed by atoms with Crippen LogP contribution >= 0.6 is 15.9 Å². The van der Waals surface area contributed by atoms with Crippen molar-refractivity contribution in [1.82, 2.24) is 4.90 Å². The van der Waals surface area contributed by atoms with E-state index in [2.05, 4.69) is 20.8 Å². The number of hydrogen-bond acceptors (Lipinski definition) is 2. The van der Waals surface area contributed by atoms with E-state index in [-0.39, 0.29) is 11.7 Å². The molecule has 0 bridgehead atoms. The summed E-state index contributed by atoms with van der Waals surface area (Å²) in [5, 5.41) is 9.52. The Morgan fingerprint density at radius 2 is 2.25 bits per heavy atom. The Hall–Kier alpha value is -0.940. The van der Waals surface area contributed by atoms with Crippen LogP contribution < -0.4 is 0 Å². The van der Waals surface area contributed by atoms with E-state index in [9.17, 15) is 14.3 Å². The Kier molecular flexibility index (Phi) is 4.49. The van der Waals surface area contributed by atoms with E-state index in [0.29, 0.717) is 19.5 Å². The molecule has 5 heteroatoms. The fourth-order valence-electron chi connectivity index (χ4n) is 2.85. The summed E-state index contributed by atoms with van der Waals surface area (Å²) in [7, 11) is 0. The lowest BCUT2D eigenvalue weighted by Crippen LogP contribution is -2.39. The minimum Gasteiger partial charge on any atom is -0.481 e. The zero-order chi connectivity index (χ0) is 14.9. The second-order valence-electron chi connectivity index (χ2n) is 5.81. The van der Waals surface area contributed by atoms with E-state index in [1.54, 1.807) is 6.07 Å². The highest BCUT2D eigenvalue weighted by molar-refractivity contribution is 9.10. The van der Waals surface area contributed by atoms with Gasteiger partial charge in [-0.15, -0.1) is 0 Å². The Labute approximate surface area is 126 Å². The summed E-state index contributed by atoms with van der Waals surface area (Å²) in [6.45, 7) is 5.72. The fraction of sp³-hybridized carbons (Fsp3) is 0.533. The molecule has 0 aromatic heterocycles. The van der Waals surface area contributed by atoms with E-state index in [4.69, 9.17) is 0 Å². The maximum Gasteiger partial charge on any atom is 0.311 e. The second kappa shape index (κ2) is 5.82. The average Bonchev–Trinajstić information content (AvgIpc) is 2.79. The summed E-state index contributed by atoms with van der Waals surface area (Å²) in [6, 6.07) is 4.60. The number of carbonyl (C=O) groups is 1. The first-order chi connectivity index (χ1) is 9.35. The number of aliphatic carboxylic acids is 1. The minimum absolute atomic E-state index is 0.0842. The average molecular weight is 344 g/mol. The highest BCUT2D eigenvalue weighted by Crippen LogP contribution is 2.39. The summed E-state index contributed by atoms with van der Waals surface area (Å²) in [6.07, 6.45) is 0.646. The van der Waals surface area contributed by atoms with E-state index in [1.165, 1.54) is 12.1 Å². The normalized spacial score (nSPS) is 23.4. The summed E-state index contributed by atoms with van der Waals surface area (Å²) in [5.41, 5.74) is 0.176. The molecule has 1 saturated heterocycles. The van der Waals surface area contributed by atoms with Crippen LogP contribution in [0, 0.1) is 17.2 Å². The molecule has 0 saturated carbocycles. The van der Waals surface area contributed by atoms with Crippen molar-refractivity contribution in [3.8, 4) is 0 Å². The van der Waals surface area contributed by atoms with Crippen LogP contribution in [0.3, 0.4) is 0 Å². The third-order valence-electron chi connectivity index (χ3n) is 4.31. The smallest absolute Gasteiger partial charge is 0.311 e. The zero-order valence-electron chi connectivity index (χ0n) is 11.7. The Bertz CT molecular complexity index is 521. The molecule has 1 unspecified atom stereocenters. The summed E-state index contributed by atoms with van der Waals surface area (Å²) in [4.78, 5) is 13.7. The van der Waals surface area contributed by atoms with Crippen LogP contribution in [-0.4, -0.2) is 29.1 Å². The number of carboxylic acid groups (broad SMARTS) is 1. The summed E-state index contributed by atoms with van der Waals surface area (Å²) >= 11 is 3.41. The maximum absolute atomic E-state index is 13.3. The molecule has 1 heterocycles.